The van der Waals surface area contributed by atoms with Gasteiger partial charge >= 0.3 is 5.69 Å². The third-order valence-electron chi connectivity index (χ3n) is 2.30. The highest BCUT2D eigenvalue weighted by Gasteiger charge is 2.17. The average Bonchev–Trinajstić information content (AvgIpc) is 2.37. The number of nitrogens with zero attached hydrogens (tertiary/aromatic N) is 4. The van der Waals surface area contributed by atoms with Crippen molar-refractivity contribution in [2.75, 3.05) is 0 Å². The van der Waals surface area contributed by atoms with E-state index < -0.39 is 4.92 Å². The summed E-state index contributed by atoms with van der Waals surface area (Å²) in [5.74, 6) is 0.0680. The lowest BCUT2D eigenvalue weighted by molar-refractivity contribution is -0.385. The number of aryl methyl sites for hydroxylation is 1. The Morgan fingerprint density at radius 3 is 2.75 bits per heavy atom. The van der Waals surface area contributed by atoms with Gasteiger partial charge in [0.2, 0.25) is 16.9 Å². The molecule has 0 amide bonds. The fourth-order valence-electron chi connectivity index (χ4n) is 1.49. The molecule has 1 heterocycles. The van der Waals surface area contributed by atoms with E-state index in [-0.39, 0.29) is 28.2 Å². The predicted octanol–water partition coefficient (Wildman–Crippen LogP) is 3.01. The van der Waals surface area contributed by atoms with Crippen LogP contribution < -0.4 is 4.74 Å². The number of halogens is 1. The Balaban J connectivity index is 2.43. The number of nitro groups is 1. The van der Waals surface area contributed by atoms with Crippen LogP contribution in [-0.4, -0.2) is 14.9 Å². The average molecular weight is 291 g/mol. The van der Waals surface area contributed by atoms with Crippen LogP contribution in [-0.2, 0) is 0 Å². The maximum absolute atomic E-state index is 11.0. The second-order valence-electron chi connectivity index (χ2n) is 3.77. The van der Waals surface area contributed by atoms with Crippen molar-refractivity contribution in [2.24, 2.45) is 0 Å². The molecule has 0 saturated heterocycles. The van der Waals surface area contributed by atoms with Gasteiger partial charge in [-0.05, 0) is 30.7 Å². The molecule has 7 nitrogen and oxygen atoms in total. The van der Waals surface area contributed by atoms with E-state index in [1.54, 1.807) is 6.92 Å². The lowest BCUT2D eigenvalue weighted by atomic mass is 10.2. The van der Waals surface area contributed by atoms with E-state index in [0.29, 0.717) is 5.69 Å². The molecule has 0 saturated carbocycles. The SMILES string of the molecule is Cc1cc(Oc2ccc(C#N)cc2[N+](=O)[O-])nc(Cl)n1. The van der Waals surface area contributed by atoms with Crippen LogP contribution in [0.1, 0.15) is 11.3 Å². The van der Waals surface area contributed by atoms with Crippen molar-refractivity contribution in [1.82, 2.24) is 9.97 Å². The van der Waals surface area contributed by atoms with Gasteiger partial charge in [-0.2, -0.15) is 10.2 Å². The molecule has 0 aliphatic carbocycles. The normalized spacial score (nSPS) is 9.85. The predicted molar refractivity (Wildman–Crippen MR) is 69.7 cm³/mol. The molecule has 100 valence electrons. The van der Waals surface area contributed by atoms with Crippen LogP contribution in [0, 0.1) is 28.4 Å². The van der Waals surface area contributed by atoms with Crippen molar-refractivity contribution in [3.05, 3.63) is 50.9 Å². The first-order chi connectivity index (χ1) is 9.49. The molecule has 0 N–H and O–H groups in total. The van der Waals surface area contributed by atoms with Gasteiger partial charge in [-0.25, -0.2) is 4.98 Å². The molecule has 0 spiro atoms. The number of nitriles is 1. The topological polar surface area (TPSA) is 102 Å². The van der Waals surface area contributed by atoms with E-state index in [1.807, 2.05) is 6.07 Å². The second-order valence-corrected chi connectivity index (χ2v) is 4.11. The van der Waals surface area contributed by atoms with Crippen molar-refractivity contribution in [3.63, 3.8) is 0 Å². The van der Waals surface area contributed by atoms with Crippen molar-refractivity contribution in [1.29, 1.82) is 5.26 Å². The summed E-state index contributed by atoms with van der Waals surface area (Å²) in [6, 6.07) is 7.20. The third-order valence-corrected chi connectivity index (χ3v) is 2.47. The first kappa shape index (κ1) is 13.7. The summed E-state index contributed by atoms with van der Waals surface area (Å²) < 4.78 is 5.35. The summed E-state index contributed by atoms with van der Waals surface area (Å²) in [4.78, 5) is 18.0. The van der Waals surface area contributed by atoms with Crippen LogP contribution in [0.4, 0.5) is 5.69 Å². The van der Waals surface area contributed by atoms with Gasteiger partial charge in [-0.3, -0.25) is 10.1 Å². The number of hydrogen-bond donors (Lipinski definition) is 0. The number of benzene rings is 1. The van der Waals surface area contributed by atoms with E-state index in [9.17, 15) is 10.1 Å². The first-order valence-electron chi connectivity index (χ1n) is 5.37. The van der Waals surface area contributed by atoms with E-state index >= 15 is 0 Å². The summed E-state index contributed by atoms with van der Waals surface area (Å²) in [6.45, 7) is 1.69. The standard InChI is InChI=1S/C12H7ClN4O3/c1-7-4-11(16-12(13)15-7)20-10-3-2-8(6-14)5-9(10)17(18)19/h2-5H,1H3. The van der Waals surface area contributed by atoms with Crippen LogP contribution in [0.5, 0.6) is 11.6 Å². The minimum absolute atomic E-state index is 0.0173. The Hall–Kier alpha value is -2.72. The van der Waals surface area contributed by atoms with Gasteiger partial charge in [0.1, 0.15) is 0 Å². The van der Waals surface area contributed by atoms with Crippen molar-refractivity contribution in [2.45, 2.75) is 6.92 Å². The molecule has 0 aliphatic rings. The molecule has 0 fully saturated rings. The largest absolute Gasteiger partial charge is 0.432 e. The second kappa shape index (κ2) is 5.50. The molecule has 0 unspecified atom stereocenters. The Labute approximate surface area is 118 Å². The van der Waals surface area contributed by atoms with Crippen molar-refractivity contribution in [3.8, 4) is 17.7 Å². The Kier molecular flexibility index (Phi) is 3.77. The molecule has 2 rings (SSSR count). The van der Waals surface area contributed by atoms with Crippen molar-refractivity contribution < 1.29 is 9.66 Å². The van der Waals surface area contributed by atoms with Gasteiger partial charge in [-0.1, -0.05) is 0 Å². The zero-order chi connectivity index (χ0) is 14.7. The summed E-state index contributed by atoms with van der Waals surface area (Å²) in [5.41, 5.74) is 0.411. The highest BCUT2D eigenvalue weighted by molar-refractivity contribution is 6.28. The summed E-state index contributed by atoms with van der Waals surface area (Å²) in [7, 11) is 0. The smallest absolute Gasteiger partial charge is 0.312 e. The fourth-order valence-corrected chi connectivity index (χ4v) is 1.70. The highest BCUT2D eigenvalue weighted by atomic mass is 35.5. The van der Waals surface area contributed by atoms with Crippen LogP contribution in [0.25, 0.3) is 0 Å². The molecule has 1 aromatic heterocycles. The van der Waals surface area contributed by atoms with Crippen molar-refractivity contribution >= 4 is 17.3 Å². The lowest BCUT2D eigenvalue weighted by Gasteiger charge is -2.06. The van der Waals surface area contributed by atoms with Gasteiger partial charge in [0.05, 0.1) is 16.6 Å². The van der Waals surface area contributed by atoms with Gasteiger partial charge < -0.3 is 4.74 Å². The molecule has 8 heteroatoms. The minimum Gasteiger partial charge on any atom is -0.432 e. The molecule has 2 aromatic rings. The Bertz CT molecular complexity index is 707. The maximum atomic E-state index is 11.0. The van der Waals surface area contributed by atoms with Crippen LogP contribution >= 0.6 is 11.6 Å². The molecular weight excluding hydrogens is 284 g/mol. The van der Waals surface area contributed by atoms with Gasteiger partial charge in [-0.15, -0.1) is 0 Å². The fraction of sp³-hybridized carbons (Fsp3) is 0.0833. The van der Waals surface area contributed by atoms with Gasteiger partial charge in [0.25, 0.3) is 0 Å². The minimum atomic E-state index is -0.633. The number of hydrogen-bond acceptors (Lipinski definition) is 6. The first-order valence-corrected chi connectivity index (χ1v) is 5.75. The summed E-state index contributed by atoms with van der Waals surface area (Å²) in [5, 5.41) is 19.7. The highest BCUT2D eigenvalue weighted by Crippen LogP contribution is 2.31. The Morgan fingerprint density at radius 1 is 1.40 bits per heavy atom. The quantitative estimate of drug-likeness (QED) is 0.489. The molecule has 1 aromatic carbocycles. The van der Waals surface area contributed by atoms with Gasteiger partial charge in [0.15, 0.2) is 0 Å². The number of rotatable bonds is 3. The Morgan fingerprint density at radius 2 is 2.15 bits per heavy atom. The lowest BCUT2D eigenvalue weighted by Crippen LogP contribution is -1.97. The molecule has 20 heavy (non-hydrogen) atoms. The number of nitro benzene ring substituents is 1. The van der Waals surface area contributed by atoms with E-state index in [2.05, 4.69) is 9.97 Å². The maximum Gasteiger partial charge on any atom is 0.312 e. The summed E-state index contributed by atoms with van der Waals surface area (Å²) in [6.07, 6.45) is 0. The van der Waals surface area contributed by atoms with E-state index in [1.165, 1.54) is 18.2 Å². The summed E-state index contributed by atoms with van der Waals surface area (Å²) >= 11 is 5.69. The number of ether oxygens (including phenoxy) is 1. The molecule has 0 aliphatic heterocycles. The monoisotopic (exact) mass is 290 g/mol. The molecule has 0 radical (unpaired) electrons. The molecular formula is C12H7ClN4O3. The zero-order valence-electron chi connectivity index (χ0n) is 10.2. The number of aromatic nitrogens is 2. The van der Waals surface area contributed by atoms with Crippen LogP contribution in [0.3, 0.4) is 0 Å². The van der Waals surface area contributed by atoms with E-state index in [0.717, 1.165) is 6.07 Å². The van der Waals surface area contributed by atoms with E-state index in [4.69, 9.17) is 21.6 Å². The van der Waals surface area contributed by atoms with Crippen LogP contribution in [0.2, 0.25) is 5.28 Å². The van der Waals surface area contributed by atoms with Gasteiger partial charge in [0, 0.05) is 17.8 Å². The zero-order valence-corrected chi connectivity index (χ0v) is 11.0. The molecule has 0 atom stereocenters. The molecule has 0 bridgehead atoms. The van der Waals surface area contributed by atoms with Crippen LogP contribution in [0.15, 0.2) is 24.3 Å². The third kappa shape index (κ3) is 2.99.